The second-order valence-corrected chi connectivity index (χ2v) is 8.89. The molecule has 9 heteroatoms. The van der Waals surface area contributed by atoms with Crippen LogP contribution in [0.2, 0.25) is 10.0 Å². The number of nitrogens with zero attached hydrogens (tertiary/aromatic N) is 1. The third-order valence-corrected chi connectivity index (χ3v) is 4.57. The highest BCUT2D eigenvalue weighted by atomic mass is 79.9. The predicted molar refractivity (Wildman–Crippen MR) is 128 cm³/mol. The summed E-state index contributed by atoms with van der Waals surface area (Å²) in [5.41, 5.74) is 0.355. The SMILES string of the molecule is CC.CC(O)CNc1ncc(C(=O)OC(C)(C)C)c(Nc2ccc(Br)cc2Cl)c1Cl. The number of esters is 1. The summed E-state index contributed by atoms with van der Waals surface area (Å²) in [7, 11) is 0. The van der Waals surface area contributed by atoms with Crippen LogP contribution in [0.15, 0.2) is 28.9 Å². The van der Waals surface area contributed by atoms with Gasteiger partial charge in [-0.1, -0.05) is 53.0 Å². The maximum absolute atomic E-state index is 12.7. The number of pyridine rings is 1. The van der Waals surface area contributed by atoms with E-state index in [1.54, 1.807) is 39.8 Å². The van der Waals surface area contributed by atoms with E-state index < -0.39 is 17.7 Å². The van der Waals surface area contributed by atoms with E-state index in [1.165, 1.54) is 6.20 Å². The Morgan fingerprint density at radius 1 is 1.30 bits per heavy atom. The molecule has 166 valence electrons. The van der Waals surface area contributed by atoms with Crippen molar-refractivity contribution in [3.63, 3.8) is 0 Å². The Morgan fingerprint density at radius 3 is 2.47 bits per heavy atom. The molecule has 2 aromatic rings. The van der Waals surface area contributed by atoms with E-state index in [1.807, 2.05) is 19.9 Å². The Hall–Kier alpha value is -1.54. The average molecular weight is 521 g/mol. The fourth-order valence-electron chi connectivity index (χ4n) is 2.19. The molecule has 0 saturated carbocycles. The Balaban J connectivity index is 0.00000218. The number of nitrogens with one attached hydrogen (secondary N) is 2. The average Bonchev–Trinajstić information content (AvgIpc) is 2.64. The number of carbonyl (C=O) groups is 1. The molecule has 0 fully saturated rings. The van der Waals surface area contributed by atoms with Gasteiger partial charge in [0.05, 0.1) is 22.5 Å². The van der Waals surface area contributed by atoms with Gasteiger partial charge in [0.15, 0.2) is 0 Å². The molecule has 2 rings (SSSR count). The van der Waals surface area contributed by atoms with Crippen molar-refractivity contribution in [2.75, 3.05) is 17.2 Å². The number of benzene rings is 1. The minimum atomic E-state index is -0.681. The van der Waals surface area contributed by atoms with Gasteiger partial charge in [-0.2, -0.15) is 0 Å². The first-order chi connectivity index (χ1) is 14.0. The zero-order valence-corrected chi connectivity index (χ0v) is 21.0. The second kappa shape index (κ2) is 11.7. The summed E-state index contributed by atoms with van der Waals surface area (Å²) in [6.45, 7) is 11.2. The number of rotatable bonds is 6. The van der Waals surface area contributed by atoms with Gasteiger partial charge >= 0.3 is 5.97 Å². The highest BCUT2D eigenvalue weighted by molar-refractivity contribution is 9.10. The Labute approximate surface area is 196 Å². The Bertz CT molecular complexity index is 871. The first-order valence-corrected chi connectivity index (χ1v) is 11.1. The van der Waals surface area contributed by atoms with Crippen LogP contribution in [0.4, 0.5) is 17.2 Å². The number of ether oxygens (including phenoxy) is 1. The smallest absolute Gasteiger partial charge is 0.342 e. The van der Waals surface area contributed by atoms with Crippen molar-refractivity contribution < 1.29 is 14.6 Å². The van der Waals surface area contributed by atoms with E-state index in [-0.39, 0.29) is 17.1 Å². The standard InChI is InChI=1S/C19H22BrCl2N3O3.C2H6/c1-10(26)8-23-17-15(22)16(25-14-6-5-11(20)7-13(14)21)12(9-24-17)18(27)28-19(2,3)4;1-2/h5-7,9-10,26H,8H2,1-4H3,(H2,23,24,25);1-2H3. The normalized spacial score (nSPS) is 11.8. The third-order valence-electron chi connectivity index (χ3n) is 3.39. The number of carbonyl (C=O) groups excluding carboxylic acids is 1. The van der Waals surface area contributed by atoms with E-state index in [0.29, 0.717) is 22.2 Å². The summed E-state index contributed by atoms with van der Waals surface area (Å²) in [4.78, 5) is 16.9. The van der Waals surface area contributed by atoms with Crippen LogP contribution in [-0.4, -0.2) is 34.3 Å². The number of anilines is 3. The predicted octanol–water partition coefficient (Wildman–Crippen LogP) is 6.67. The molecule has 1 atom stereocenters. The van der Waals surface area contributed by atoms with Crippen LogP contribution in [0.25, 0.3) is 0 Å². The number of aliphatic hydroxyl groups excluding tert-OH is 1. The van der Waals surface area contributed by atoms with Crippen molar-refractivity contribution in [1.82, 2.24) is 4.98 Å². The lowest BCUT2D eigenvalue weighted by atomic mass is 10.1. The van der Waals surface area contributed by atoms with E-state index in [9.17, 15) is 9.90 Å². The quantitative estimate of drug-likeness (QED) is 0.369. The van der Waals surface area contributed by atoms with Crippen LogP contribution in [0.5, 0.6) is 0 Å². The first kappa shape index (κ1) is 26.5. The molecule has 0 amide bonds. The maximum Gasteiger partial charge on any atom is 0.342 e. The first-order valence-electron chi connectivity index (χ1n) is 9.54. The number of hydrogen-bond donors (Lipinski definition) is 3. The molecule has 1 heterocycles. The van der Waals surface area contributed by atoms with Crippen LogP contribution in [0.1, 0.15) is 51.9 Å². The fourth-order valence-corrected chi connectivity index (χ4v) is 3.18. The summed E-state index contributed by atoms with van der Waals surface area (Å²) in [5.74, 6) is -0.245. The van der Waals surface area contributed by atoms with Gasteiger partial charge in [-0.25, -0.2) is 9.78 Å². The van der Waals surface area contributed by atoms with Crippen LogP contribution < -0.4 is 10.6 Å². The number of hydrogen-bond acceptors (Lipinski definition) is 6. The molecule has 1 aromatic heterocycles. The summed E-state index contributed by atoms with van der Waals surface area (Å²) < 4.78 is 6.28. The second-order valence-electron chi connectivity index (χ2n) is 7.19. The van der Waals surface area contributed by atoms with Gasteiger partial charge in [0, 0.05) is 17.2 Å². The van der Waals surface area contributed by atoms with Gasteiger partial charge in [-0.3, -0.25) is 0 Å². The molecular formula is C21H28BrCl2N3O3. The number of halogens is 3. The molecule has 1 unspecified atom stereocenters. The van der Waals surface area contributed by atoms with Gasteiger partial charge < -0.3 is 20.5 Å². The Kier molecular flexibility index (Phi) is 10.4. The van der Waals surface area contributed by atoms with E-state index in [4.69, 9.17) is 27.9 Å². The monoisotopic (exact) mass is 519 g/mol. The molecule has 0 aliphatic rings. The highest BCUT2D eigenvalue weighted by Gasteiger charge is 2.24. The molecule has 0 saturated heterocycles. The summed E-state index contributed by atoms with van der Waals surface area (Å²) in [6, 6.07) is 5.28. The molecule has 1 aromatic carbocycles. The summed E-state index contributed by atoms with van der Waals surface area (Å²) in [6.07, 6.45) is 0.778. The van der Waals surface area contributed by atoms with Gasteiger partial charge in [-0.05, 0) is 45.9 Å². The van der Waals surface area contributed by atoms with Crippen LogP contribution in [0.3, 0.4) is 0 Å². The topological polar surface area (TPSA) is 83.5 Å². The lowest BCUT2D eigenvalue weighted by Crippen LogP contribution is -2.25. The van der Waals surface area contributed by atoms with Crippen LogP contribution in [-0.2, 0) is 4.74 Å². The van der Waals surface area contributed by atoms with Gasteiger partial charge in [0.25, 0.3) is 0 Å². The van der Waals surface area contributed by atoms with Crippen molar-refractivity contribution >= 4 is 62.3 Å². The zero-order chi connectivity index (χ0) is 23.1. The van der Waals surface area contributed by atoms with E-state index in [0.717, 1.165) is 4.47 Å². The molecule has 30 heavy (non-hydrogen) atoms. The van der Waals surface area contributed by atoms with Crippen molar-refractivity contribution in [2.24, 2.45) is 0 Å². The molecule has 6 nitrogen and oxygen atoms in total. The Morgan fingerprint density at radius 2 is 1.93 bits per heavy atom. The lowest BCUT2D eigenvalue weighted by Gasteiger charge is -2.22. The summed E-state index contributed by atoms with van der Waals surface area (Å²) in [5, 5.41) is 16.2. The van der Waals surface area contributed by atoms with E-state index >= 15 is 0 Å². The van der Waals surface area contributed by atoms with Crippen molar-refractivity contribution in [1.29, 1.82) is 0 Å². The maximum atomic E-state index is 12.7. The van der Waals surface area contributed by atoms with Crippen LogP contribution in [0, 0.1) is 0 Å². The van der Waals surface area contributed by atoms with E-state index in [2.05, 4.69) is 31.5 Å². The van der Waals surface area contributed by atoms with Gasteiger partial charge in [-0.15, -0.1) is 0 Å². The lowest BCUT2D eigenvalue weighted by molar-refractivity contribution is 0.00703. The minimum Gasteiger partial charge on any atom is -0.456 e. The van der Waals surface area contributed by atoms with Crippen molar-refractivity contribution in [3.8, 4) is 0 Å². The largest absolute Gasteiger partial charge is 0.456 e. The molecule has 0 bridgehead atoms. The molecule has 0 aliphatic heterocycles. The van der Waals surface area contributed by atoms with Crippen LogP contribution >= 0.6 is 39.1 Å². The van der Waals surface area contributed by atoms with Gasteiger partial charge in [0.1, 0.15) is 22.0 Å². The summed E-state index contributed by atoms with van der Waals surface area (Å²) >= 11 is 16.2. The number of aromatic nitrogens is 1. The fraction of sp³-hybridized carbons (Fsp3) is 0.429. The molecular weight excluding hydrogens is 493 g/mol. The molecule has 0 aliphatic carbocycles. The van der Waals surface area contributed by atoms with Gasteiger partial charge in [0.2, 0.25) is 0 Å². The zero-order valence-electron chi connectivity index (χ0n) is 17.9. The van der Waals surface area contributed by atoms with Crippen molar-refractivity contribution in [3.05, 3.63) is 44.5 Å². The number of aliphatic hydroxyl groups is 1. The molecule has 0 spiro atoms. The third kappa shape index (κ3) is 7.95. The van der Waals surface area contributed by atoms with Crippen molar-refractivity contribution in [2.45, 2.75) is 53.2 Å². The minimum absolute atomic E-state index is 0.168. The molecule has 3 N–H and O–H groups in total. The molecule has 0 radical (unpaired) electrons. The highest BCUT2D eigenvalue weighted by Crippen LogP contribution is 2.37.